The van der Waals surface area contributed by atoms with Crippen LogP contribution in [0.25, 0.3) is 0 Å². The molecule has 0 heterocycles. The van der Waals surface area contributed by atoms with Crippen molar-refractivity contribution in [3.8, 4) is 0 Å². The van der Waals surface area contributed by atoms with E-state index < -0.39 is 0 Å². The number of rotatable bonds is 4. The van der Waals surface area contributed by atoms with Crippen LogP contribution in [0.15, 0.2) is 11.1 Å². The summed E-state index contributed by atoms with van der Waals surface area (Å²) in [5, 5.41) is 0. The minimum Gasteiger partial charge on any atom is -0.300 e. The molecule has 0 saturated heterocycles. The molecule has 158 valence electrons. The monoisotopic (exact) mass is 384 g/mol. The summed E-state index contributed by atoms with van der Waals surface area (Å²) < 4.78 is 0. The quantitative estimate of drug-likeness (QED) is 0.453. The lowest BCUT2D eigenvalue weighted by molar-refractivity contribution is -0.136. The molecule has 1 heteroatoms. The Morgan fingerprint density at radius 2 is 1.68 bits per heavy atom. The summed E-state index contributed by atoms with van der Waals surface area (Å²) in [6.45, 7) is 14.9. The molecule has 0 unspecified atom stereocenters. The number of carbonyl (C=O) groups excluding carboxylic acids is 1. The lowest BCUT2D eigenvalue weighted by Crippen LogP contribution is -2.53. The van der Waals surface area contributed by atoms with Crippen molar-refractivity contribution in [2.24, 2.45) is 39.9 Å². The van der Waals surface area contributed by atoms with Gasteiger partial charge in [0.05, 0.1) is 0 Å². The number of hydrogen-bond donors (Lipinski definition) is 0. The average molecular weight is 385 g/mol. The Morgan fingerprint density at radius 3 is 2.39 bits per heavy atom. The Bertz CT molecular complexity index is 672. The van der Waals surface area contributed by atoms with Crippen molar-refractivity contribution < 1.29 is 4.79 Å². The van der Waals surface area contributed by atoms with E-state index in [1.165, 1.54) is 51.4 Å². The highest BCUT2D eigenvalue weighted by atomic mass is 16.1. The minimum atomic E-state index is 0.243. The predicted molar refractivity (Wildman–Crippen MR) is 118 cm³/mol. The van der Waals surface area contributed by atoms with E-state index in [2.05, 4.69) is 41.5 Å². The number of fused-ring (bicyclic) bond motifs is 4. The zero-order valence-electron chi connectivity index (χ0n) is 19.5. The van der Waals surface area contributed by atoms with Crippen LogP contribution < -0.4 is 0 Å². The van der Waals surface area contributed by atoms with E-state index >= 15 is 0 Å². The van der Waals surface area contributed by atoms with Crippen LogP contribution in [-0.4, -0.2) is 5.78 Å². The van der Waals surface area contributed by atoms with Gasteiger partial charge in [0.15, 0.2) is 0 Å². The average Bonchev–Trinajstić information content (AvgIpc) is 2.98. The topological polar surface area (TPSA) is 17.1 Å². The molecule has 1 nitrogen and oxygen atoms in total. The van der Waals surface area contributed by atoms with Gasteiger partial charge in [-0.25, -0.2) is 0 Å². The lowest BCUT2D eigenvalue weighted by Gasteiger charge is -2.61. The van der Waals surface area contributed by atoms with Gasteiger partial charge in [-0.1, -0.05) is 65.5 Å². The number of Topliss-reactive ketones (excluding diaryl/α,β-unsaturated/α-hetero) is 1. The van der Waals surface area contributed by atoms with Crippen molar-refractivity contribution in [2.45, 2.75) is 112 Å². The molecule has 0 aliphatic heterocycles. The number of allylic oxidation sites excluding steroid dienone is 2. The molecule has 0 amide bonds. The molecule has 3 saturated carbocycles. The largest absolute Gasteiger partial charge is 0.300 e. The lowest BCUT2D eigenvalue weighted by atomic mass is 9.43. The maximum atomic E-state index is 12.3. The van der Waals surface area contributed by atoms with Crippen LogP contribution in [0.3, 0.4) is 0 Å². The molecule has 3 fully saturated rings. The number of ketones is 1. The summed E-state index contributed by atoms with van der Waals surface area (Å²) >= 11 is 0. The van der Waals surface area contributed by atoms with Crippen molar-refractivity contribution in [3.05, 3.63) is 11.1 Å². The third-order valence-corrected chi connectivity index (χ3v) is 10.5. The highest BCUT2D eigenvalue weighted by molar-refractivity contribution is 5.80. The Morgan fingerprint density at radius 1 is 0.929 bits per heavy atom. The fourth-order valence-corrected chi connectivity index (χ4v) is 8.36. The van der Waals surface area contributed by atoms with Gasteiger partial charge in [-0.2, -0.15) is 0 Å². The van der Waals surface area contributed by atoms with Gasteiger partial charge in [-0.05, 0) is 84.9 Å². The minimum absolute atomic E-state index is 0.243. The molecular formula is C27H44O. The summed E-state index contributed by atoms with van der Waals surface area (Å²) in [6.07, 6.45) is 13.7. The second-order valence-electron chi connectivity index (χ2n) is 12.3. The predicted octanol–water partition coefficient (Wildman–Crippen LogP) is 7.74. The van der Waals surface area contributed by atoms with E-state index in [0.717, 1.165) is 42.9 Å². The first-order valence-electron chi connectivity index (χ1n) is 12.3. The van der Waals surface area contributed by atoms with Gasteiger partial charge in [-0.3, -0.25) is 4.79 Å². The standard InChI is InChI=1S/C27H44O/c1-18(2)7-8-19(3)22-9-10-23-21-12-14-25(4)17-20(28)11-16-27(25,6)24(21)13-15-26(22,23)5/h18-19,22,24H,7-17H2,1-6H3/t19-,22-,24+,25-,26-,27-/m1/s1. The third-order valence-electron chi connectivity index (χ3n) is 10.5. The Labute approximate surface area is 174 Å². The van der Waals surface area contributed by atoms with Crippen LogP contribution in [0, 0.1) is 39.9 Å². The SMILES string of the molecule is CC(C)CC[C@@H](C)[C@H]1CCC2=C3CC[C@]4(C)CC(=O)CC[C@]4(C)[C@H]3CC[C@@]21C. The molecule has 0 aromatic heterocycles. The van der Waals surface area contributed by atoms with Gasteiger partial charge in [0.1, 0.15) is 5.78 Å². The summed E-state index contributed by atoms with van der Waals surface area (Å²) in [7, 11) is 0. The van der Waals surface area contributed by atoms with E-state index in [1.807, 2.05) is 11.1 Å². The summed E-state index contributed by atoms with van der Waals surface area (Å²) in [6, 6.07) is 0. The molecule has 0 radical (unpaired) electrons. The first kappa shape index (κ1) is 20.7. The van der Waals surface area contributed by atoms with Crippen LogP contribution in [-0.2, 0) is 4.79 Å². The highest BCUT2D eigenvalue weighted by Gasteiger charge is 2.59. The van der Waals surface area contributed by atoms with Gasteiger partial charge >= 0.3 is 0 Å². The zero-order chi connectivity index (χ0) is 20.3. The maximum absolute atomic E-state index is 12.3. The smallest absolute Gasteiger partial charge is 0.133 e. The van der Waals surface area contributed by atoms with Gasteiger partial charge in [-0.15, -0.1) is 0 Å². The summed E-state index contributed by atoms with van der Waals surface area (Å²) in [5.74, 6) is 3.86. The first-order valence-corrected chi connectivity index (χ1v) is 12.3. The van der Waals surface area contributed by atoms with Gasteiger partial charge < -0.3 is 0 Å². The van der Waals surface area contributed by atoms with Crippen molar-refractivity contribution in [3.63, 3.8) is 0 Å². The van der Waals surface area contributed by atoms with E-state index in [0.29, 0.717) is 16.6 Å². The van der Waals surface area contributed by atoms with Crippen molar-refractivity contribution in [1.29, 1.82) is 0 Å². The van der Waals surface area contributed by atoms with Crippen molar-refractivity contribution >= 4 is 5.78 Å². The van der Waals surface area contributed by atoms with Crippen LogP contribution in [0.5, 0.6) is 0 Å². The van der Waals surface area contributed by atoms with Crippen LogP contribution in [0.2, 0.25) is 0 Å². The fraction of sp³-hybridized carbons (Fsp3) is 0.889. The second kappa shape index (κ2) is 6.98. The second-order valence-corrected chi connectivity index (χ2v) is 12.3. The normalized spacial score (nSPS) is 44.3. The van der Waals surface area contributed by atoms with Crippen LogP contribution in [0.4, 0.5) is 0 Å². The molecule has 4 aliphatic rings. The Balaban J connectivity index is 1.63. The van der Waals surface area contributed by atoms with Gasteiger partial charge in [0, 0.05) is 12.8 Å². The first-order chi connectivity index (χ1) is 13.1. The zero-order valence-corrected chi connectivity index (χ0v) is 19.5. The molecule has 0 N–H and O–H groups in total. The van der Waals surface area contributed by atoms with E-state index in [1.54, 1.807) is 0 Å². The highest BCUT2D eigenvalue weighted by Crippen LogP contribution is 2.68. The third kappa shape index (κ3) is 2.97. The number of carbonyl (C=O) groups is 1. The van der Waals surface area contributed by atoms with Crippen LogP contribution in [0.1, 0.15) is 112 Å². The fourth-order valence-electron chi connectivity index (χ4n) is 8.36. The number of hydrogen-bond acceptors (Lipinski definition) is 1. The molecule has 0 aromatic rings. The van der Waals surface area contributed by atoms with Crippen molar-refractivity contribution in [2.75, 3.05) is 0 Å². The van der Waals surface area contributed by atoms with E-state index in [9.17, 15) is 4.79 Å². The molecule has 0 bridgehead atoms. The molecule has 0 spiro atoms. The maximum Gasteiger partial charge on any atom is 0.133 e. The molecule has 4 aliphatic carbocycles. The van der Waals surface area contributed by atoms with E-state index in [-0.39, 0.29) is 5.41 Å². The van der Waals surface area contributed by atoms with Crippen molar-refractivity contribution in [1.82, 2.24) is 0 Å². The van der Waals surface area contributed by atoms with Gasteiger partial charge in [0.25, 0.3) is 0 Å². The summed E-state index contributed by atoms with van der Waals surface area (Å²) in [4.78, 5) is 12.3. The molecule has 6 atom stereocenters. The Hall–Kier alpha value is -0.590. The molecular weight excluding hydrogens is 340 g/mol. The molecule has 4 rings (SSSR count). The molecule has 28 heavy (non-hydrogen) atoms. The van der Waals surface area contributed by atoms with E-state index in [4.69, 9.17) is 0 Å². The summed E-state index contributed by atoms with van der Waals surface area (Å²) in [5.41, 5.74) is 4.83. The van der Waals surface area contributed by atoms with Crippen LogP contribution >= 0.6 is 0 Å². The molecule has 0 aromatic carbocycles. The van der Waals surface area contributed by atoms with Gasteiger partial charge in [0.2, 0.25) is 0 Å². The Kier molecular flexibility index (Phi) is 5.16.